The average Bonchev–Trinajstić information content (AvgIpc) is 2.63. The number of ether oxygens (including phenoxy) is 2. The summed E-state index contributed by atoms with van der Waals surface area (Å²) in [6.45, 7) is 0.133. The molecule has 0 bridgehead atoms. The number of anilines is 1. The van der Waals surface area contributed by atoms with Crippen LogP contribution in [0.2, 0.25) is 5.02 Å². The molecular formula is C18H21ClN2O5S. The van der Waals surface area contributed by atoms with Crippen molar-refractivity contribution < 1.29 is 22.7 Å². The molecule has 0 aromatic heterocycles. The Bertz CT molecular complexity index is 872. The lowest BCUT2D eigenvalue weighted by Crippen LogP contribution is -2.41. The van der Waals surface area contributed by atoms with Crippen molar-refractivity contribution in [3.05, 3.63) is 53.6 Å². The van der Waals surface area contributed by atoms with Gasteiger partial charge in [-0.05, 0) is 42.5 Å². The highest BCUT2D eigenvalue weighted by Gasteiger charge is 2.20. The largest absolute Gasteiger partial charge is 0.497 e. The van der Waals surface area contributed by atoms with Crippen LogP contribution in [0.15, 0.2) is 48.5 Å². The molecule has 0 aliphatic rings. The number of hydrogen-bond donors (Lipinski definition) is 1. The van der Waals surface area contributed by atoms with E-state index in [-0.39, 0.29) is 19.7 Å². The molecular weight excluding hydrogens is 392 g/mol. The van der Waals surface area contributed by atoms with Crippen molar-refractivity contribution in [1.29, 1.82) is 0 Å². The van der Waals surface area contributed by atoms with Crippen LogP contribution in [0.4, 0.5) is 5.69 Å². The lowest BCUT2D eigenvalue weighted by molar-refractivity contribution is -0.119. The summed E-state index contributed by atoms with van der Waals surface area (Å²) in [5.41, 5.74) is 0.328. The summed E-state index contributed by atoms with van der Waals surface area (Å²) in [7, 11) is -2.06. The van der Waals surface area contributed by atoms with Gasteiger partial charge in [0.25, 0.3) is 0 Å². The van der Waals surface area contributed by atoms with E-state index in [1.807, 2.05) is 0 Å². The third kappa shape index (κ3) is 6.65. The molecule has 27 heavy (non-hydrogen) atoms. The first-order valence-electron chi connectivity index (χ1n) is 8.06. The Hall–Kier alpha value is -2.45. The number of amides is 1. The van der Waals surface area contributed by atoms with Gasteiger partial charge in [0.1, 0.15) is 24.7 Å². The van der Waals surface area contributed by atoms with Crippen LogP contribution in [0.3, 0.4) is 0 Å². The van der Waals surface area contributed by atoms with E-state index in [4.69, 9.17) is 21.1 Å². The highest BCUT2D eigenvalue weighted by molar-refractivity contribution is 7.92. The zero-order chi connectivity index (χ0) is 19.9. The number of hydrogen-bond acceptors (Lipinski definition) is 5. The Balaban J connectivity index is 1.86. The summed E-state index contributed by atoms with van der Waals surface area (Å²) in [6, 6.07) is 13.4. The van der Waals surface area contributed by atoms with Crippen molar-refractivity contribution in [1.82, 2.24) is 5.32 Å². The summed E-state index contributed by atoms with van der Waals surface area (Å²) in [5, 5.41) is 3.02. The molecule has 1 N–H and O–H groups in total. The number of nitrogens with zero attached hydrogens (tertiary/aromatic N) is 1. The van der Waals surface area contributed by atoms with E-state index >= 15 is 0 Å². The third-order valence-electron chi connectivity index (χ3n) is 3.54. The van der Waals surface area contributed by atoms with Gasteiger partial charge in [-0.3, -0.25) is 9.10 Å². The second-order valence-electron chi connectivity index (χ2n) is 5.62. The quantitative estimate of drug-likeness (QED) is 0.639. The maximum absolute atomic E-state index is 12.1. The SMILES string of the molecule is COc1ccc(OCCNC(=O)CN(c2cccc(Cl)c2)S(C)(=O)=O)cc1. The molecule has 9 heteroatoms. The van der Waals surface area contributed by atoms with Crippen LogP contribution in [0.25, 0.3) is 0 Å². The van der Waals surface area contributed by atoms with E-state index in [0.29, 0.717) is 16.5 Å². The van der Waals surface area contributed by atoms with Gasteiger partial charge in [-0.15, -0.1) is 0 Å². The maximum atomic E-state index is 12.1. The van der Waals surface area contributed by atoms with Crippen molar-refractivity contribution in [3.8, 4) is 11.5 Å². The Morgan fingerprint density at radius 2 is 1.81 bits per heavy atom. The fourth-order valence-corrected chi connectivity index (χ4v) is 3.28. The van der Waals surface area contributed by atoms with Gasteiger partial charge >= 0.3 is 0 Å². The molecule has 0 atom stereocenters. The van der Waals surface area contributed by atoms with Gasteiger partial charge in [-0.2, -0.15) is 0 Å². The summed E-state index contributed by atoms with van der Waals surface area (Å²) in [4.78, 5) is 12.1. The van der Waals surface area contributed by atoms with E-state index in [1.165, 1.54) is 6.07 Å². The topological polar surface area (TPSA) is 84.9 Å². The molecule has 1 amide bonds. The Morgan fingerprint density at radius 1 is 1.15 bits per heavy atom. The molecule has 2 aromatic rings. The molecule has 0 unspecified atom stereocenters. The van der Waals surface area contributed by atoms with E-state index in [1.54, 1.807) is 49.6 Å². The highest BCUT2D eigenvalue weighted by Crippen LogP contribution is 2.21. The number of nitrogens with one attached hydrogen (secondary N) is 1. The van der Waals surface area contributed by atoms with Gasteiger partial charge in [0.2, 0.25) is 15.9 Å². The van der Waals surface area contributed by atoms with E-state index in [0.717, 1.165) is 16.3 Å². The fraction of sp³-hybridized carbons (Fsp3) is 0.278. The molecule has 2 aromatic carbocycles. The lowest BCUT2D eigenvalue weighted by atomic mass is 10.3. The number of benzene rings is 2. The number of rotatable bonds is 9. The van der Waals surface area contributed by atoms with Gasteiger partial charge < -0.3 is 14.8 Å². The predicted octanol–water partition coefficient (Wildman–Crippen LogP) is 2.31. The van der Waals surface area contributed by atoms with Crippen molar-refractivity contribution in [3.63, 3.8) is 0 Å². The molecule has 0 saturated heterocycles. The Morgan fingerprint density at radius 3 is 2.41 bits per heavy atom. The lowest BCUT2D eigenvalue weighted by Gasteiger charge is -2.22. The first kappa shape index (κ1) is 20.9. The van der Waals surface area contributed by atoms with Crippen LogP contribution < -0.4 is 19.1 Å². The van der Waals surface area contributed by atoms with Gasteiger partial charge in [0.05, 0.1) is 25.6 Å². The normalized spacial score (nSPS) is 10.9. The summed E-state index contributed by atoms with van der Waals surface area (Å²) in [6.07, 6.45) is 1.04. The first-order valence-corrected chi connectivity index (χ1v) is 10.3. The van der Waals surface area contributed by atoms with Gasteiger partial charge in [0.15, 0.2) is 0 Å². The number of carbonyl (C=O) groups is 1. The van der Waals surface area contributed by atoms with Crippen LogP contribution in [0, 0.1) is 0 Å². The van der Waals surface area contributed by atoms with Crippen molar-refractivity contribution in [2.75, 3.05) is 37.4 Å². The van der Waals surface area contributed by atoms with E-state index < -0.39 is 15.9 Å². The Kier molecular flexibility index (Phi) is 7.32. The minimum absolute atomic E-state index is 0.234. The number of halogens is 1. The standard InChI is InChI=1S/C18H21ClN2O5S/c1-25-16-6-8-17(9-7-16)26-11-10-20-18(22)13-21(27(2,23)24)15-5-3-4-14(19)12-15/h3-9,12H,10-11,13H2,1-2H3,(H,20,22). The molecule has 0 saturated carbocycles. The van der Waals surface area contributed by atoms with E-state index in [9.17, 15) is 13.2 Å². The fourth-order valence-electron chi connectivity index (χ4n) is 2.25. The number of sulfonamides is 1. The van der Waals surface area contributed by atoms with Crippen molar-refractivity contribution in [2.45, 2.75) is 0 Å². The monoisotopic (exact) mass is 412 g/mol. The maximum Gasteiger partial charge on any atom is 0.240 e. The number of methoxy groups -OCH3 is 1. The van der Waals surface area contributed by atoms with Crippen LogP contribution >= 0.6 is 11.6 Å². The van der Waals surface area contributed by atoms with Crippen molar-refractivity contribution >= 4 is 33.2 Å². The molecule has 0 aliphatic heterocycles. The minimum Gasteiger partial charge on any atom is -0.497 e. The highest BCUT2D eigenvalue weighted by atomic mass is 35.5. The second-order valence-corrected chi connectivity index (χ2v) is 7.97. The molecule has 7 nitrogen and oxygen atoms in total. The predicted molar refractivity (Wildman–Crippen MR) is 105 cm³/mol. The summed E-state index contributed by atoms with van der Waals surface area (Å²) in [5.74, 6) is 0.915. The van der Waals surface area contributed by atoms with Crippen molar-refractivity contribution in [2.24, 2.45) is 0 Å². The van der Waals surface area contributed by atoms with Crippen LogP contribution in [0.5, 0.6) is 11.5 Å². The van der Waals surface area contributed by atoms with Crippen LogP contribution in [-0.2, 0) is 14.8 Å². The molecule has 2 rings (SSSR count). The smallest absolute Gasteiger partial charge is 0.240 e. The minimum atomic E-state index is -3.64. The Labute approximate surface area is 163 Å². The zero-order valence-corrected chi connectivity index (χ0v) is 16.6. The zero-order valence-electron chi connectivity index (χ0n) is 15.0. The average molecular weight is 413 g/mol. The van der Waals surface area contributed by atoms with Crippen LogP contribution in [-0.4, -0.2) is 47.4 Å². The molecule has 0 aliphatic carbocycles. The third-order valence-corrected chi connectivity index (χ3v) is 4.91. The van der Waals surface area contributed by atoms with Gasteiger partial charge in [-0.25, -0.2) is 8.42 Å². The second kappa shape index (κ2) is 9.48. The molecule has 0 heterocycles. The molecule has 0 fully saturated rings. The molecule has 146 valence electrons. The number of carbonyl (C=O) groups excluding carboxylic acids is 1. The molecule has 0 spiro atoms. The summed E-state index contributed by atoms with van der Waals surface area (Å²) < 4.78 is 35.6. The van der Waals surface area contributed by atoms with Gasteiger partial charge in [0, 0.05) is 5.02 Å². The molecule has 0 radical (unpaired) electrons. The first-order chi connectivity index (χ1) is 12.8. The van der Waals surface area contributed by atoms with E-state index in [2.05, 4.69) is 5.32 Å². The summed E-state index contributed by atoms with van der Waals surface area (Å²) >= 11 is 5.91. The van der Waals surface area contributed by atoms with Crippen LogP contribution in [0.1, 0.15) is 0 Å². The van der Waals surface area contributed by atoms with Gasteiger partial charge in [-0.1, -0.05) is 17.7 Å².